The number of hydrogen-bond acceptors (Lipinski definition) is 3. The number of rotatable bonds is 5. The minimum absolute atomic E-state index is 0.128. The molecule has 1 aliphatic carbocycles. The molecule has 0 spiro atoms. The molecule has 1 saturated carbocycles. The maximum absolute atomic E-state index is 11.9. The topological polar surface area (TPSA) is 96.2 Å². The minimum Gasteiger partial charge on any atom is -0.478 e. The van der Waals surface area contributed by atoms with Crippen LogP contribution in [0.5, 0.6) is 0 Å². The summed E-state index contributed by atoms with van der Waals surface area (Å²) in [5.74, 6) is -0.167. The zero-order valence-electron chi connectivity index (χ0n) is 13.7. The Balaban J connectivity index is 1.61. The molecule has 0 radical (unpaired) electrons. The van der Waals surface area contributed by atoms with Gasteiger partial charge >= 0.3 is 12.0 Å². The molecule has 1 aliphatic rings. The Kier molecular flexibility index (Phi) is 4.69. The standard InChI is InChI=1S/C17H22N4O3/c1-11-19-14-10-12(16(22)23)6-7-15(14)21(11)9-8-18-17(24)20-13-4-2-3-5-13/h6-7,10,13H,2-5,8-9H2,1H3,(H,22,23)(H2,18,20,24). The Morgan fingerprint density at radius 2 is 2.08 bits per heavy atom. The fourth-order valence-electron chi connectivity index (χ4n) is 3.25. The fraction of sp³-hybridized carbons (Fsp3) is 0.471. The number of urea groups is 1. The summed E-state index contributed by atoms with van der Waals surface area (Å²) >= 11 is 0. The molecule has 128 valence electrons. The van der Waals surface area contributed by atoms with E-state index >= 15 is 0 Å². The highest BCUT2D eigenvalue weighted by atomic mass is 16.4. The molecule has 1 fully saturated rings. The quantitative estimate of drug-likeness (QED) is 0.783. The van der Waals surface area contributed by atoms with Crippen LogP contribution in [-0.2, 0) is 6.54 Å². The van der Waals surface area contributed by atoms with E-state index in [0.717, 1.165) is 24.2 Å². The van der Waals surface area contributed by atoms with Gasteiger partial charge in [-0.1, -0.05) is 12.8 Å². The van der Waals surface area contributed by atoms with Crippen LogP contribution in [0.25, 0.3) is 11.0 Å². The third kappa shape index (κ3) is 3.50. The van der Waals surface area contributed by atoms with Gasteiger partial charge in [-0.25, -0.2) is 14.6 Å². The number of hydrogen-bond donors (Lipinski definition) is 3. The summed E-state index contributed by atoms with van der Waals surface area (Å²) in [4.78, 5) is 27.3. The van der Waals surface area contributed by atoms with Crippen LogP contribution in [0.4, 0.5) is 4.79 Å². The fourth-order valence-corrected chi connectivity index (χ4v) is 3.25. The lowest BCUT2D eigenvalue weighted by Gasteiger charge is -2.13. The number of imidazole rings is 1. The highest BCUT2D eigenvalue weighted by Gasteiger charge is 2.17. The molecule has 24 heavy (non-hydrogen) atoms. The van der Waals surface area contributed by atoms with E-state index in [0.29, 0.717) is 24.6 Å². The lowest BCUT2D eigenvalue weighted by molar-refractivity contribution is 0.0697. The number of nitrogens with one attached hydrogen (secondary N) is 2. The summed E-state index contributed by atoms with van der Waals surface area (Å²) in [7, 11) is 0. The number of carbonyl (C=O) groups is 2. The van der Waals surface area contributed by atoms with Crippen molar-refractivity contribution in [3.8, 4) is 0 Å². The largest absolute Gasteiger partial charge is 0.478 e. The molecular formula is C17H22N4O3. The lowest BCUT2D eigenvalue weighted by atomic mass is 10.2. The highest BCUT2D eigenvalue weighted by Crippen LogP contribution is 2.18. The van der Waals surface area contributed by atoms with Crippen LogP contribution >= 0.6 is 0 Å². The predicted octanol–water partition coefficient (Wildman–Crippen LogP) is 2.28. The van der Waals surface area contributed by atoms with Gasteiger partial charge in [-0.05, 0) is 38.0 Å². The van der Waals surface area contributed by atoms with E-state index in [4.69, 9.17) is 5.11 Å². The smallest absolute Gasteiger partial charge is 0.335 e. The molecule has 3 N–H and O–H groups in total. The van der Waals surface area contributed by atoms with Crippen molar-refractivity contribution in [1.29, 1.82) is 0 Å². The van der Waals surface area contributed by atoms with Crippen LogP contribution < -0.4 is 10.6 Å². The Labute approximate surface area is 140 Å². The zero-order chi connectivity index (χ0) is 17.1. The number of carboxylic acid groups (broad SMARTS) is 1. The van der Waals surface area contributed by atoms with Gasteiger partial charge < -0.3 is 20.3 Å². The van der Waals surface area contributed by atoms with E-state index < -0.39 is 5.97 Å². The first-order valence-corrected chi connectivity index (χ1v) is 8.29. The van der Waals surface area contributed by atoms with E-state index in [1.54, 1.807) is 18.2 Å². The van der Waals surface area contributed by atoms with Crippen molar-refractivity contribution in [1.82, 2.24) is 20.2 Å². The van der Waals surface area contributed by atoms with Crippen LogP contribution in [0, 0.1) is 6.92 Å². The number of aromatic carboxylic acids is 1. The van der Waals surface area contributed by atoms with Crippen LogP contribution in [0.2, 0.25) is 0 Å². The van der Waals surface area contributed by atoms with Crippen LogP contribution in [0.3, 0.4) is 0 Å². The molecule has 2 amide bonds. The number of benzene rings is 1. The number of nitrogens with zero attached hydrogens (tertiary/aromatic N) is 2. The lowest BCUT2D eigenvalue weighted by Crippen LogP contribution is -2.41. The van der Waals surface area contributed by atoms with E-state index in [1.165, 1.54) is 12.8 Å². The number of aryl methyl sites for hydroxylation is 1. The second-order valence-corrected chi connectivity index (χ2v) is 6.20. The Morgan fingerprint density at radius 3 is 2.79 bits per heavy atom. The molecule has 3 rings (SSSR count). The monoisotopic (exact) mass is 330 g/mol. The second-order valence-electron chi connectivity index (χ2n) is 6.20. The van der Waals surface area contributed by atoms with Gasteiger partial charge in [-0.2, -0.15) is 0 Å². The average Bonchev–Trinajstić information content (AvgIpc) is 3.14. The van der Waals surface area contributed by atoms with Crippen LogP contribution in [-0.4, -0.2) is 39.2 Å². The molecule has 0 unspecified atom stereocenters. The summed E-state index contributed by atoms with van der Waals surface area (Å²) in [6.45, 7) is 2.96. The van der Waals surface area contributed by atoms with E-state index in [2.05, 4.69) is 15.6 Å². The molecule has 1 heterocycles. The maximum Gasteiger partial charge on any atom is 0.335 e. The average molecular weight is 330 g/mol. The summed E-state index contributed by atoms with van der Waals surface area (Å²) in [6, 6.07) is 5.08. The molecule has 0 aliphatic heterocycles. The maximum atomic E-state index is 11.9. The van der Waals surface area contributed by atoms with Crippen LogP contribution in [0.15, 0.2) is 18.2 Å². The second kappa shape index (κ2) is 6.90. The first-order valence-electron chi connectivity index (χ1n) is 8.29. The van der Waals surface area contributed by atoms with Gasteiger partial charge in [-0.3, -0.25) is 0 Å². The minimum atomic E-state index is -0.964. The van der Waals surface area contributed by atoms with E-state index in [9.17, 15) is 9.59 Å². The molecule has 0 bridgehead atoms. The van der Waals surface area contributed by atoms with Gasteiger partial charge in [0.15, 0.2) is 0 Å². The number of amides is 2. The normalized spacial score (nSPS) is 14.9. The summed E-state index contributed by atoms with van der Waals surface area (Å²) in [5.41, 5.74) is 1.75. The van der Waals surface area contributed by atoms with Crippen molar-refractivity contribution in [2.75, 3.05) is 6.54 Å². The predicted molar refractivity (Wildman–Crippen MR) is 90.2 cm³/mol. The molecular weight excluding hydrogens is 308 g/mol. The number of fused-ring (bicyclic) bond motifs is 1. The first kappa shape index (κ1) is 16.3. The number of aromatic nitrogens is 2. The molecule has 0 atom stereocenters. The highest BCUT2D eigenvalue weighted by molar-refractivity contribution is 5.92. The van der Waals surface area contributed by atoms with Crippen LogP contribution in [0.1, 0.15) is 41.9 Å². The number of carbonyl (C=O) groups excluding carboxylic acids is 1. The molecule has 2 aromatic rings. The van der Waals surface area contributed by atoms with E-state index in [-0.39, 0.29) is 11.6 Å². The van der Waals surface area contributed by atoms with Crippen molar-refractivity contribution in [2.45, 2.75) is 45.2 Å². The molecule has 0 saturated heterocycles. The molecule has 1 aromatic heterocycles. The number of carboxylic acids is 1. The van der Waals surface area contributed by atoms with Crippen molar-refractivity contribution in [2.24, 2.45) is 0 Å². The van der Waals surface area contributed by atoms with Gasteiger partial charge in [0.2, 0.25) is 0 Å². The van der Waals surface area contributed by atoms with E-state index in [1.807, 2.05) is 11.5 Å². The third-order valence-corrected chi connectivity index (χ3v) is 4.50. The Morgan fingerprint density at radius 1 is 1.33 bits per heavy atom. The van der Waals surface area contributed by atoms with Crippen molar-refractivity contribution in [3.63, 3.8) is 0 Å². The summed E-state index contributed by atoms with van der Waals surface area (Å²) in [6.07, 6.45) is 4.49. The Bertz CT molecular complexity index is 763. The Hall–Kier alpha value is -2.57. The van der Waals surface area contributed by atoms with Gasteiger partial charge in [0.25, 0.3) is 0 Å². The zero-order valence-corrected chi connectivity index (χ0v) is 13.7. The van der Waals surface area contributed by atoms with Gasteiger partial charge in [0.1, 0.15) is 5.82 Å². The van der Waals surface area contributed by atoms with Crippen molar-refractivity contribution in [3.05, 3.63) is 29.6 Å². The first-order chi connectivity index (χ1) is 11.5. The van der Waals surface area contributed by atoms with Gasteiger partial charge in [0, 0.05) is 19.1 Å². The molecule has 1 aromatic carbocycles. The van der Waals surface area contributed by atoms with Crippen molar-refractivity contribution >= 4 is 23.0 Å². The SMILES string of the molecule is Cc1nc2cc(C(=O)O)ccc2n1CCNC(=O)NC1CCCC1. The third-order valence-electron chi connectivity index (χ3n) is 4.50. The molecule has 7 nitrogen and oxygen atoms in total. The molecule has 7 heteroatoms. The summed E-state index contributed by atoms with van der Waals surface area (Å²) in [5, 5.41) is 14.9. The van der Waals surface area contributed by atoms with Gasteiger partial charge in [0.05, 0.1) is 16.6 Å². The van der Waals surface area contributed by atoms with Crippen molar-refractivity contribution < 1.29 is 14.7 Å². The van der Waals surface area contributed by atoms with Gasteiger partial charge in [-0.15, -0.1) is 0 Å². The summed E-state index contributed by atoms with van der Waals surface area (Å²) < 4.78 is 1.98.